The Bertz CT molecular complexity index is 570. The molecule has 0 unspecified atom stereocenters. The van der Waals surface area contributed by atoms with Gasteiger partial charge in [-0.1, -0.05) is 23.7 Å². The lowest BCUT2D eigenvalue weighted by molar-refractivity contribution is -0.118. The summed E-state index contributed by atoms with van der Waals surface area (Å²) in [6.07, 6.45) is 0.802. The highest BCUT2D eigenvalue weighted by atomic mass is 35.5. The molecule has 1 aromatic rings. The minimum absolute atomic E-state index is 0.149. The number of hydrogen-bond acceptors (Lipinski definition) is 4. The van der Waals surface area contributed by atoms with Gasteiger partial charge in [0.1, 0.15) is 5.75 Å². The van der Waals surface area contributed by atoms with Crippen LogP contribution >= 0.6 is 11.6 Å². The van der Waals surface area contributed by atoms with Crippen molar-refractivity contribution >= 4 is 27.3 Å². The molecule has 0 spiro atoms. The number of amides is 1. The number of nitrogens with one attached hydrogen (secondary N) is 1. The number of sulfone groups is 1. The van der Waals surface area contributed by atoms with Gasteiger partial charge in [-0.2, -0.15) is 0 Å². The maximum absolute atomic E-state index is 12.0. The maximum Gasteiger partial charge on any atom is 0.235 e. The molecule has 0 aromatic heterocycles. The first-order valence-electron chi connectivity index (χ1n) is 7.11. The third-order valence-corrected chi connectivity index (χ3v) is 4.47. The van der Waals surface area contributed by atoms with Crippen LogP contribution in [0.3, 0.4) is 0 Å². The second-order valence-corrected chi connectivity index (χ2v) is 7.78. The second kappa shape index (κ2) is 9.12. The van der Waals surface area contributed by atoms with Crippen LogP contribution in [0.2, 0.25) is 5.02 Å². The highest BCUT2D eigenvalue weighted by molar-refractivity contribution is 7.91. The van der Waals surface area contributed by atoms with Crippen LogP contribution in [0.5, 0.6) is 0 Å². The third-order valence-electron chi connectivity index (χ3n) is 2.75. The summed E-state index contributed by atoms with van der Waals surface area (Å²) in [5.74, 6) is -1.17. The van der Waals surface area contributed by atoms with Gasteiger partial charge in [-0.25, -0.2) is 8.42 Å². The lowest BCUT2D eigenvalue weighted by Crippen LogP contribution is -2.32. The van der Waals surface area contributed by atoms with E-state index in [9.17, 15) is 13.2 Å². The van der Waals surface area contributed by atoms with E-state index in [2.05, 4.69) is 5.32 Å². The van der Waals surface area contributed by atoms with E-state index in [1.54, 1.807) is 24.3 Å². The Hall–Kier alpha value is -1.11. The molecule has 0 bridgehead atoms. The summed E-state index contributed by atoms with van der Waals surface area (Å²) >= 11 is 5.75. The predicted molar refractivity (Wildman–Crippen MR) is 87.7 cm³/mol. The standard InChI is InChI=1S/C15H22ClNO4S/c1-12(2)21-9-3-8-17-15(18)11-22(19,20)10-13-4-6-14(16)7-5-13/h4-7,12H,3,8-11H2,1-2H3,(H,17,18). The minimum atomic E-state index is -3.49. The van der Waals surface area contributed by atoms with Gasteiger partial charge in [0.25, 0.3) is 0 Å². The Balaban J connectivity index is 2.34. The van der Waals surface area contributed by atoms with Crippen LogP contribution < -0.4 is 5.32 Å². The van der Waals surface area contributed by atoms with E-state index in [-0.39, 0.29) is 11.9 Å². The fourth-order valence-electron chi connectivity index (χ4n) is 1.76. The van der Waals surface area contributed by atoms with Gasteiger partial charge in [-0.05, 0) is 38.0 Å². The molecule has 0 saturated heterocycles. The van der Waals surface area contributed by atoms with Gasteiger partial charge in [0.15, 0.2) is 9.84 Å². The molecule has 1 aromatic carbocycles. The largest absolute Gasteiger partial charge is 0.379 e. The van der Waals surface area contributed by atoms with Crippen molar-refractivity contribution in [2.45, 2.75) is 32.1 Å². The van der Waals surface area contributed by atoms with Crippen LogP contribution in [0.1, 0.15) is 25.8 Å². The SMILES string of the molecule is CC(C)OCCCNC(=O)CS(=O)(=O)Cc1ccc(Cl)cc1. The maximum atomic E-state index is 12.0. The summed E-state index contributed by atoms with van der Waals surface area (Å²) < 4.78 is 29.2. The Morgan fingerprint density at radius 1 is 1.27 bits per heavy atom. The van der Waals surface area contributed by atoms with Crippen LogP contribution in [0.4, 0.5) is 0 Å². The van der Waals surface area contributed by atoms with E-state index in [1.165, 1.54) is 0 Å². The molecule has 0 aliphatic carbocycles. The molecule has 7 heteroatoms. The summed E-state index contributed by atoms with van der Waals surface area (Å²) in [7, 11) is -3.49. The summed E-state index contributed by atoms with van der Waals surface area (Å²) in [5, 5.41) is 3.13. The van der Waals surface area contributed by atoms with Crippen molar-refractivity contribution < 1.29 is 17.9 Å². The first-order chi connectivity index (χ1) is 10.3. The zero-order chi connectivity index (χ0) is 16.6. The van der Waals surface area contributed by atoms with Crippen molar-refractivity contribution in [3.05, 3.63) is 34.9 Å². The Morgan fingerprint density at radius 3 is 2.50 bits per heavy atom. The first kappa shape index (κ1) is 18.9. The third kappa shape index (κ3) is 8.36. The average molecular weight is 348 g/mol. The van der Waals surface area contributed by atoms with Crippen molar-refractivity contribution in [1.29, 1.82) is 0 Å². The molecule has 0 radical (unpaired) electrons. The van der Waals surface area contributed by atoms with E-state index >= 15 is 0 Å². The summed E-state index contributed by atoms with van der Waals surface area (Å²) in [6, 6.07) is 6.53. The van der Waals surface area contributed by atoms with E-state index in [0.717, 1.165) is 0 Å². The molecule has 0 aliphatic rings. The highest BCUT2D eigenvalue weighted by Crippen LogP contribution is 2.12. The monoisotopic (exact) mass is 347 g/mol. The molecule has 22 heavy (non-hydrogen) atoms. The predicted octanol–water partition coefficient (Wildman–Crippen LogP) is 2.19. The van der Waals surface area contributed by atoms with E-state index in [4.69, 9.17) is 16.3 Å². The van der Waals surface area contributed by atoms with Gasteiger partial charge in [0, 0.05) is 18.2 Å². The van der Waals surface area contributed by atoms with Crippen molar-refractivity contribution in [1.82, 2.24) is 5.32 Å². The normalized spacial score (nSPS) is 11.6. The quantitative estimate of drug-likeness (QED) is 0.695. The number of carbonyl (C=O) groups excluding carboxylic acids is 1. The van der Waals surface area contributed by atoms with Gasteiger partial charge in [0.2, 0.25) is 5.91 Å². The number of hydrogen-bond donors (Lipinski definition) is 1. The lowest BCUT2D eigenvalue weighted by Gasteiger charge is -2.09. The molecule has 1 amide bonds. The van der Waals surface area contributed by atoms with Gasteiger partial charge < -0.3 is 10.1 Å². The molecular weight excluding hydrogens is 326 g/mol. The number of benzene rings is 1. The average Bonchev–Trinajstić information content (AvgIpc) is 2.39. The number of ether oxygens (including phenoxy) is 1. The zero-order valence-electron chi connectivity index (χ0n) is 12.8. The Kier molecular flexibility index (Phi) is 7.85. The van der Waals surface area contributed by atoms with Crippen LogP contribution in [0.15, 0.2) is 24.3 Å². The summed E-state index contributed by atoms with van der Waals surface area (Å²) in [4.78, 5) is 11.6. The first-order valence-corrected chi connectivity index (χ1v) is 9.31. The van der Waals surface area contributed by atoms with Crippen LogP contribution in [-0.4, -0.2) is 39.3 Å². The molecule has 1 rings (SSSR count). The summed E-state index contributed by atoms with van der Waals surface area (Å²) in [6.45, 7) is 4.81. The molecular formula is C15H22ClNO4S. The van der Waals surface area contributed by atoms with Gasteiger partial charge in [-0.3, -0.25) is 4.79 Å². The van der Waals surface area contributed by atoms with Crippen molar-refractivity contribution in [2.75, 3.05) is 18.9 Å². The topological polar surface area (TPSA) is 72.5 Å². The molecule has 5 nitrogen and oxygen atoms in total. The molecule has 1 N–H and O–H groups in total. The molecule has 0 fully saturated rings. The van der Waals surface area contributed by atoms with Crippen molar-refractivity contribution in [3.63, 3.8) is 0 Å². The molecule has 0 atom stereocenters. The van der Waals surface area contributed by atoms with Crippen LogP contribution in [0.25, 0.3) is 0 Å². The van der Waals surface area contributed by atoms with Crippen LogP contribution in [0, 0.1) is 0 Å². The number of rotatable bonds is 9. The fourth-order valence-corrected chi connectivity index (χ4v) is 3.19. The van der Waals surface area contributed by atoms with E-state index in [0.29, 0.717) is 30.2 Å². The molecule has 0 saturated carbocycles. The highest BCUT2D eigenvalue weighted by Gasteiger charge is 2.17. The van der Waals surface area contributed by atoms with Crippen molar-refractivity contribution in [2.24, 2.45) is 0 Å². The number of halogens is 1. The second-order valence-electron chi connectivity index (χ2n) is 5.28. The molecule has 124 valence electrons. The van der Waals surface area contributed by atoms with Gasteiger partial charge >= 0.3 is 0 Å². The zero-order valence-corrected chi connectivity index (χ0v) is 14.4. The van der Waals surface area contributed by atoms with E-state index < -0.39 is 21.5 Å². The van der Waals surface area contributed by atoms with Crippen molar-refractivity contribution in [3.8, 4) is 0 Å². The Labute approximate surface area is 136 Å². The number of carbonyl (C=O) groups is 1. The Morgan fingerprint density at radius 2 is 1.91 bits per heavy atom. The smallest absolute Gasteiger partial charge is 0.235 e. The van der Waals surface area contributed by atoms with Crippen LogP contribution in [-0.2, 0) is 25.1 Å². The van der Waals surface area contributed by atoms with E-state index in [1.807, 2.05) is 13.8 Å². The van der Waals surface area contributed by atoms with Gasteiger partial charge in [-0.15, -0.1) is 0 Å². The fraction of sp³-hybridized carbons (Fsp3) is 0.533. The molecule has 0 heterocycles. The lowest BCUT2D eigenvalue weighted by atomic mass is 10.2. The minimum Gasteiger partial charge on any atom is -0.379 e. The molecule has 0 aliphatic heterocycles. The van der Waals surface area contributed by atoms with Gasteiger partial charge in [0.05, 0.1) is 11.9 Å². The summed E-state index contributed by atoms with van der Waals surface area (Å²) in [5.41, 5.74) is 0.613.